The molecule has 0 amide bonds. The van der Waals surface area contributed by atoms with E-state index in [1.165, 1.54) is 0 Å². The molecule has 0 radical (unpaired) electrons. The number of hydrogen-bond acceptors (Lipinski definition) is 5. The van der Waals surface area contributed by atoms with Crippen molar-refractivity contribution in [3.63, 3.8) is 0 Å². The summed E-state index contributed by atoms with van der Waals surface area (Å²) in [5.74, 6) is 1.27. The Hall–Kier alpha value is -1.72. The topological polar surface area (TPSA) is 62.4 Å². The van der Waals surface area contributed by atoms with E-state index in [2.05, 4.69) is 15.0 Å². The molecular formula is C15H21N3O2. The smallest absolute Gasteiger partial charge is 0.257 e. The third-order valence-electron chi connectivity index (χ3n) is 3.10. The number of aliphatic hydroxyl groups excluding tert-OH is 1. The molecule has 0 unspecified atom stereocenters. The number of nitrogens with zero attached hydrogens (tertiary/aromatic N) is 3. The predicted octanol–water partition coefficient (Wildman–Crippen LogP) is 2.33. The highest BCUT2D eigenvalue weighted by Crippen LogP contribution is 2.16. The molecule has 0 aliphatic carbocycles. The van der Waals surface area contributed by atoms with E-state index < -0.39 is 0 Å². The molecule has 2 aromatic rings. The summed E-state index contributed by atoms with van der Waals surface area (Å²) in [6.45, 7) is 1.92. The Balaban J connectivity index is 1.83. The van der Waals surface area contributed by atoms with Gasteiger partial charge in [-0.3, -0.25) is 4.90 Å². The second-order valence-electron chi connectivity index (χ2n) is 4.90. The Kier molecular flexibility index (Phi) is 5.70. The van der Waals surface area contributed by atoms with Gasteiger partial charge in [0.2, 0.25) is 0 Å². The van der Waals surface area contributed by atoms with Crippen molar-refractivity contribution in [1.82, 2.24) is 15.0 Å². The maximum Gasteiger partial charge on any atom is 0.257 e. The van der Waals surface area contributed by atoms with Gasteiger partial charge in [0.15, 0.2) is 5.82 Å². The Bertz CT molecular complexity index is 499. The fourth-order valence-electron chi connectivity index (χ4n) is 2.01. The van der Waals surface area contributed by atoms with E-state index in [-0.39, 0.29) is 6.61 Å². The van der Waals surface area contributed by atoms with E-state index in [0.717, 1.165) is 31.4 Å². The fourth-order valence-corrected chi connectivity index (χ4v) is 2.01. The molecule has 0 atom stereocenters. The molecule has 5 nitrogen and oxygen atoms in total. The molecule has 5 heteroatoms. The summed E-state index contributed by atoms with van der Waals surface area (Å²) in [5.41, 5.74) is 0.942. The third-order valence-corrected chi connectivity index (χ3v) is 3.10. The molecular weight excluding hydrogens is 254 g/mol. The fraction of sp³-hybridized carbons (Fsp3) is 0.467. The number of benzene rings is 1. The van der Waals surface area contributed by atoms with Gasteiger partial charge in [0.25, 0.3) is 5.89 Å². The van der Waals surface area contributed by atoms with Gasteiger partial charge in [-0.25, -0.2) is 0 Å². The van der Waals surface area contributed by atoms with Crippen LogP contribution < -0.4 is 0 Å². The third kappa shape index (κ3) is 4.43. The molecule has 108 valence electrons. The van der Waals surface area contributed by atoms with Crippen LogP contribution >= 0.6 is 0 Å². The van der Waals surface area contributed by atoms with Crippen LogP contribution in [0.3, 0.4) is 0 Å². The van der Waals surface area contributed by atoms with Crippen molar-refractivity contribution in [3.05, 3.63) is 36.2 Å². The normalized spacial score (nSPS) is 11.2. The second-order valence-corrected chi connectivity index (χ2v) is 4.90. The maximum atomic E-state index is 8.73. The molecule has 1 aromatic heterocycles. The summed E-state index contributed by atoms with van der Waals surface area (Å²) in [7, 11) is 2.04. The van der Waals surface area contributed by atoms with E-state index in [1.807, 2.05) is 37.4 Å². The summed E-state index contributed by atoms with van der Waals surface area (Å²) in [4.78, 5) is 6.57. The Morgan fingerprint density at radius 1 is 1.15 bits per heavy atom. The molecule has 0 bridgehead atoms. The SMILES string of the molecule is CN(CCCCCO)Cc1noc(-c2ccccc2)n1. The minimum Gasteiger partial charge on any atom is -0.396 e. The minimum atomic E-state index is 0.273. The van der Waals surface area contributed by atoms with E-state index >= 15 is 0 Å². The van der Waals surface area contributed by atoms with Gasteiger partial charge in [-0.15, -0.1) is 0 Å². The highest BCUT2D eigenvalue weighted by atomic mass is 16.5. The van der Waals surface area contributed by atoms with Crippen LogP contribution in [-0.2, 0) is 6.54 Å². The predicted molar refractivity (Wildman–Crippen MR) is 77.0 cm³/mol. The van der Waals surface area contributed by atoms with E-state index in [0.29, 0.717) is 18.3 Å². The van der Waals surface area contributed by atoms with Crippen LogP contribution in [0.1, 0.15) is 25.1 Å². The molecule has 2 rings (SSSR count). The number of hydrogen-bond donors (Lipinski definition) is 1. The Labute approximate surface area is 119 Å². The lowest BCUT2D eigenvalue weighted by Gasteiger charge is -2.13. The lowest BCUT2D eigenvalue weighted by Crippen LogP contribution is -2.19. The highest BCUT2D eigenvalue weighted by Gasteiger charge is 2.10. The first-order valence-corrected chi connectivity index (χ1v) is 6.97. The van der Waals surface area contributed by atoms with E-state index in [4.69, 9.17) is 9.63 Å². The minimum absolute atomic E-state index is 0.273. The van der Waals surface area contributed by atoms with Crippen LogP contribution in [-0.4, -0.2) is 40.3 Å². The molecule has 20 heavy (non-hydrogen) atoms. The molecule has 1 N–H and O–H groups in total. The van der Waals surface area contributed by atoms with Crippen LogP contribution in [0.4, 0.5) is 0 Å². The molecule has 0 saturated carbocycles. The van der Waals surface area contributed by atoms with Crippen molar-refractivity contribution in [2.45, 2.75) is 25.8 Å². The molecule has 0 spiro atoms. The number of aliphatic hydroxyl groups is 1. The summed E-state index contributed by atoms with van der Waals surface area (Å²) in [6, 6.07) is 9.77. The van der Waals surface area contributed by atoms with Crippen molar-refractivity contribution in [2.75, 3.05) is 20.2 Å². The standard InChI is InChI=1S/C15H21N3O2/c1-18(10-6-3-7-11-19)12-14-16-15(20-17-14)13-8-4-2-5-9-13/h2,4-5,8-9,19H,3,6-7,10-12H2,1H3. The first kappa shape index (κ1) is 14.7. The summed E-state index contributed by atoms with van der Waals surface area (Å²) >= 11 is 0. The van der Waals surface area contributed by atoms with Gasteiger partial charge in [-0.1, -0.05) is 23.4 Å². The monoisotopic (exact) mass is 275 g/mol. The van der Waals surface area contributed by atoms with Gasteiger partial charge in [0.1, 0.15) is 0 Å². The van der Waals surface area contributed by atoms with Gasteiger partial charge in [-0.2, -0.15) is 4.98 Å². The number of rotatable bonds is 8. The van der Waals surface area contributed by atoms with E-state index in [1.54, 1.807) is 0 Å². The summed E-state index contributed by atoms with van der Waals surface area (Å²) in [6.07, 6.45) is 2.98. The first-order chi connectivity index (χ1) is 9.79. The lowest BCUT2D eigenvalue weighted by molar-refractivity contribution is 0.268. The van der Waals surface area contributed by atoms with Crippen molar-refractivity contribution >= 4 is 0 Å². The summed E-state index contributed by atoms with van der Waals surface area (Å²) in [5, 5.41) is 12.7. The van der Waals surface area contributed by atoms with Gasteiger partial charge < -0.3 is 9.63 Å². The van der Waals surface area contributed by atoms with Crippen LogP contribution in [0.5, 0.6) is 0 Å². The zero-order chi connectivity index (χ0) is 14.2. The van der Waals surface area contributed by atoms with Crippen molar-refractivity contribution in [1.29, 1.82) is 0 Å². The molecule has 0 saturated heterocycles. The van der Waals surface area contributed by atoms with Crippen LogP contribution in [0.2, 0.25) is 0 Å². The van der Waals surface area contributed by atoms with Crippen molar-refractivity contribution in [3.8, 4) is 11.5 Å². The number of aromatic nitrogens is 2. The maximum absolute atomic E-state index is 8.73. The van der Waals surface area contributed by atoms with Crippen LogP contribution in [0, 0.1) is 0 Å². The lowest BCUT2D eigenvalue weighted by atomic mass is 10.2. The van der Waals surface area contributed by atoms with Crippen molar-refractivity contribution < 1.29 is 9.63 Å². The first-order valence-electron chi connectivity index (χ1n) is 6.97. The Morgan fingerprint density at radius 3 is 2.70 bits per heavy atom. The second kappa shape index (κ2) is 7.77. The van der Waals surface area contributed by atoms with Gasteiger partial charge in [0, 0.05) is 12.2 Å². The van der Waals surface area contributed by atoms with Crippen LogP contribution in [0.15, 0.2) is 34.9 Å². The summed E-state index contributed by atoms with van der Waals surface area (Å²) < 4.78 is 5.27. The number of unbranched alkanes of at least 4 members (excludes halogenated alkanes) is 2. The van der Waals surface area contributed by atoms with Gasteiger partial charge in [-0.05, 0) is 45.0 Å². The van der Waals surface area contributed by atoms with Crippen molar-refractivity contribution in [2.24, 2.45) is 0 Å². The quantitative estimate of drug-likeness (QED) is 0.749. The molecule has 0 fully saturated rings. The molecule has 0 aliphatic rings. The van der Waals surface area contributed by atoms with Crippen LogP contribution in [0.25, 0.3) is 11.5 Å². The van der Waals surface area contributed by atoms with E-state index in [9.17, 15) is 0 Å². The highest BCUT2D eigenvalue weighted by molar-refractivity contribution is 5.51. The Morgan fingerprint density at radius 2 is 1.95 bits per heavy atom. The van der Waals surface area contributed by atoms with Gasteiger partial charge in [0.05, 0.1) is 6.54 Å². The molecule has 1 aromatic carbocycles. The zero-order valence-electron chi connectivity index (χ0n) is 11.8. The average molecular weight is 275 g/mol. The van der Waals surface area contributed by atoms with Gasteiger partial charge >= 0.3 is 0 Å². The zero-order valence-corrected chi connectivity index (χ0v) is 11.8. The largest absolute Gasteiger partial charge is 0.396 e. The average Bonchev–Trinajstić information content (AvgIpc) is 2.93. The molecule has 1 heterocycles. The molecule has 0 aliphatic heterocycles.